The average Bonchev–Trinajstić information content (AvgIpc) is 2.63. The molecule has 2 amide bonds. The summed E-state index contributed by atoms with van der Waals surface area (Å²) in [6.45, 7) is 2.22. The van der Waals surface area contributed by atoms with E-state index in [0.29, 0.717) is 13.1 Å². The van der Waals surface area contributed by atoms with Gasteiger partial charge in [0.25, 0.3) is 5.91 Å². The average molecular weight is 441 g/mol. The van der Waals surface area contributed by atoms with Crippen LogP contribution in [0, 0.1) is 0 Å². The Kier molecular flexibility index (Phi) is 5.28. The molecule has 1 saturated heterocycles. The van der Waals surface area contributed by atoms with Gasteiger partial charge in [-0.25, -0.2) is 0 Å². The van der Waals surface area contributed by atoms with Crippen LogP contribution in [-0.2, 0) is 11.0 Å². The second-order valence-corrected chi connectivity index (χ2v) is 7.14. The lowest BCUT2D eigenvalue weighted by atomic mass is 10.1. The fourth-order valence-electron chi connectivity index (χ4n) is 3.02. The summed E-state index contributed by atoms with van der Waals surface area (Å²) in [6.07, 6.45) is -4.46. The van der Waals surface area contributed by atoms with Gasteiger partial charge in [0.2, 0.25) is 5.91 Å². The molecule has 1 aliphatic rings. The van der Waals surface area contributed by atoms with E-state index in [2.05, 4.69) is 15.9 Å². The second-order valence-electron chi connectivity index (χ2n) is 6.22. The van der Waals surface area contributed by atoms with Crippen LogP contribution in [0.5, 0.6) is 0 Å². The molecular formula is C19H16BrF3N2O2. The van der Waals surface area contributed by atoms with Crippen molar-refractivity contribution in [3.8, 4) is 0 Å². The van der Waals surface area contributed by atoms with Crippen molar-refractivity contribution in [2.45, 2.75) is 19.1 Å². The van der Waals surface area contributed by atoms with Gasteiger partial charge in [0.05, 0.1) is 5.56 Å². The SMILES string of the molecule is CC1C(=O)N(c2cccc(Br)c2)CCN1C(=O)c1ccc(C(F)(F)F)cc1. The Bertz CT molecular complexity index is 868. The molecule has 1 fully saturated rings. The molecule has 1 atom stereocenters. The van der Waals surface area contributed by atoms with Gasteiger partial charge >= 0.3 is 6.18 Å². The van der Waals surface area contributed by atoms with E-state index in [1.54, 1.807) is 11.8 Å². The predicted octanol–water partition coefficient (Wildman–Crippen LogP) is 4.35. The van der Waals surface area contributed by atoms with E-state index in [1.807, 2.05) is 24.3 Å². The monoisotopic (exact) mass is 440 g/mol. The number of hydrogen-bond acceptors (Lipinski definition) is 2. The maximum atomic E-state index is 12.7. The molecule has 2 aromatic carbocycles. The third-order valence-electron chi connectivity index (χ3n) is 4.50. The van der Waals surface area contributed by atoms with Crippen molar-refractivity contribution in [2.24, 2.45) is 0 Å². The number of hydrogen-bond donors (Lipinski definition) is 0. The molecule has 0 radical (unpaired) electrons. The predicted molar refractivity (Wildman–Crippen MR) is 98.4 cm³/mol. The highest BCUT2D eigenvalue weighted by molar-refractivity contribution is 9.10. The molecule has 0 aliphatic carbocycles. The zero-order chi connectivity index (χ0) is 19.8. The van der Waals surface area contributed by atoms with Gasteiger partial charge in [-0.15, -0.1) is 0 Å². The first-order valence-corrected chi connectivity index (χ1v) is 9.03. The van der Waals surface area contributed by atoms with E-state index in [0.717, 1.165) is 34.4 Å². The fourth-order valence-corrected chi connectivity index (χ4v) is 3.40. The maximum absolute atomic E-state index is 12.7. The van der Waals surface area contributed by atoms with E-state index >= 15 is 0 Å². The van der Waals surface area contributed by atoms with Crippen LogP contribution in [0.3, 0.4) is 0 Å². The molecule has 1 aliphatic heterocycles. The lowest BCUT2D eigenvalue weighted by molar-refractivity contribution is -0.137. The van der Waals surface area contributed by atoms with Crippen LogP contribution in [0.1, 0.15) is 22.8 Å². The maximum Gasteiger partial charge on any atom is 0.416 e. The number of carbonyl (C=O) groups is 2. The number of amides is 2. The summed E-state index contributed by atoms with van der Waals surface area (Å²) < 4.78 is 38.9. The highest BCUT2D eigenvalue weighted by Crippen LogP contribution is 2.30. The van der Waals surface area contributed by atoms with E-state index in [9.17, 15) is 22.8 Å². The molecule has 8 heteroatoms. The topological polar surface area (TPSA) is 40.6 Å². The summed E-state index contributed by atoms with van der Waals surface area (Å²) in [4.78, 5) is 28.4. The van der Waals surface area contributed by atoms with Gasteiger partial charge < -0.3 is 9.80 Å². The molecule has 1 unspecified atom stereocenters. The van der Waals surface area contributed by atoms with Crippen LogP contribution in [0.2, 0.25) is 0 Å². The quantitative estimate of drug-likeness (QED) is 0.696. The molecule has 4 nitrogen and oxygen atoms in total. The summed E-state index contributed by atoms with van der Waals surface area (Å²) in [6, 6.07) is 10.6. The standard InChI is InChI=1S/C19H16BrF3N2O2/c1-12-17(26)25(16-4-2-3-15(20)11-16)10-9-24(12)18(27)13-5-7-14(8-6-13)19(21,22)23/h2-8,11-12H,9-10H2,1H3. The molecular weight excluding hydrogens is 425 g/mol. The molecule has 0 bridgehead atoms. The number of alkyl halides is 3. The minimum atomic E-state index is -4.46. The summed E-state index contributed by atoms with van der Waals surface area (Å²) in [7, 11) is 0. The number of piperazine rings is 1. The Morgan fingerprint density at radius 3 is 2.37 bits per heavy atom. The van der Waals surface area contributed by atoms with Crippen LogP contribution in [0.4, 0.5) is 18.9 Å². The Morgan fingerprint density at radius 1 is 1.11 bits per heavy atom. The van der Waals surface area contributed by atoms with Crippen molar-refractivity contribution in [1.29, 1.82) is 0 Å². The van der Waals surface area contributed by atoms with Crippen molar-refractivity contribution in [2.75, 3.05) is 18.0 Å². The molecule has 27 heavy (non-hydrogen) atoms. The fraction of sp³-hybridized carbons (Fsp3) is 0.263. The number of rotatable bonds is 2. The van der Waals surface area contributed by atoms with Gasteiger partial charge in [-0.2, -0.15) is 13.2 Å². The van der Waals surface area contributed by atoms with Gasteiger partial charge in [0.1, 0.15) is 6.04 Å². The molecule has 2 aromatic rings. The Labute approximate surface area is 162 Å². The van der Waals surface area contributed by atoms with Gasteiger partial charge in [-0.05, 0) is 49.4 Å². The van der Waals surface area contributed by atoms with Gasteiger partial charge in [-0.1, -0.05) is 22.0 Å². The molecule has 3 rings (SSSR count). The molecule has 1 heterocycles. The minimum absolute atomic E-state index is 0.124. The summed E-state index contributed by atoms with van der Waals surface area (Å²) in [5.41, 5.74) is 0.0315. The molecule has 142 valence electrons. The number of carbonyl (C=O) groups excluding carboxylic acids is 2. The van der Waals surface area contributed by atoms with Gasteiger partial charge in [0.15, 0.2) is 0 Å². The van der Waals surface area contributed by atoms with Crippen molar-refractivity contribution >= 4 is 33.4 Å². The van der Waals surface area contributed by atoms with Crippen LogP contribution < -0.4 is 4.90 Å². The molecule has 0 saturated carbocycles. The zero-order valence-corrected chi connectivity index (χ0v) is 15.9. The lowest BCUT2D eigenvalue weighted by Gasteiger charge is -2.39. The summed E-state index contributed by atoms with van der Waals surface area (Å²) in [5.74, 6) is -0.696. The number of anilines is 1. The number of halogens is 4. The molecule has 0 spiro atoms. The van der Waals surface area contributed by atoms with Crippen LogP contribution in [-0.4, -0.2) is 35.8 Å². The first-order valence-electron chi connectivity index (χ1n) is 8.23. The van der Waals surface area contributed by atoms with Crippen LogP contribution in [0.25, 0.3) is 0 Å². The molecule has 0 N–H and O–H groups in total. The normalized spacial score (nSPS) is 18.0. The van der Waals surface area contributed by atoms with Crippen molar-refractivity contribution in [1.82, 2.24) is 4.90 Å². The number of benzene rings is 2. The van der Waals surface area contributed by atoms with Crippen LogP contribution in [0.15, 0.2) is 53.0 Å². The Balaban J connectivity index is 1.77. The van der Waals surface area contributed by atoms with Gasteiger partial charge in [-0.3, -0.25) is 9.59 Å². The number of nitrogens with zero attached hydrogens (tertiary/aromatic N) is 2. The third-order valence-corrected chi connectivity index (χ3v) is 4.99. The Hall–Kier alpha value is -2.35. The lowest BCUT2D eigenvalue weighted by Crippen LogP contribution is -2.57. The smallest absolute Gasteiger partial charge is 0.325 e. The summed E-state index contributed by atoms with van der Waals surface area (Å²) in [5, 5.41) is 0. The van der Waals surface area contributed by atoms with Crippen molar-refractivity contribution in [3.63, 3.8) is 0 Å². The third kappa shape index (κ3) is 4.00. The van der Waals surface area contributed by atoms with Crippen molar-refractivity contribution in [3.05, 3.63) is 64.1 Å². The summed E-state index contributed by atoms with van der Waals surface area (Å²) >= 11 is 3.37. The van der Waals surface area contributed by atoms with Crippen molar-refractivity contribution < 1.29 is 22.8 Å². The van der Waals surface area contributed by atoms with Crippen LogP contribution >= 0.6 is 15.9 Å². The van der Waals surface area contributed by atoms with E-state index in [1.165, 1.54) is 4.90 Å². The highest BCUT2D eigenvalue weighted by atomic mass is 79.9. The van der Waals surface area contributed by atoms with Gasteiger partial charge in [0, 0.05) is 28.8 Å². The second kappa shape index (κ2) is 7.34. The molecule has 0 aromatic heterocycles. The first kappa shape index (κ1) is 19.4. The van der Waals surface area contributed by atoms with E-state index < -0.39 is 23.7 Å². The first-order chi connectivity index (χ1) is 12.7. The highest BCUT2D eigenvalue weighted by Gasteiger charge is 2.36. The zero-order valence-electron chi connectivity index (χ0n) is 14.3. The van der Waals surface area contributed by atoms with E-state index in [-0.39, 0.29) is 11.5 Å². The van der Waals surface area contributed by atoms with E-state index in [4.69, 9.17) is 0 Å². The largest absolute Gasteiger partial charge is 0.416 e. The minimum Gasteiger partial charge on any atom is -0.325 e. The Morgan fingerprint density at radius 2 is 1.78 bits per heavy atom.